The topological polar surface area (TPSA) is 102 Å². The van der Waals surface area contributed by atoms with Crippen molar-refractivity contribution < 1.29 is 14.2 Å². The van der Waals surface area contributed by atoms with E-state index in [-0.39, 0.29) is 0 Å². The van der Waals surface area contributed by atoms with Crippen LogP contribution in [-0.4, -0.2) is 55.2 Å². The number of hydrazone groups is 2. The molecule has 0 fully saturated rings. The number of amidine groups is 2. The number of nitrogens with zero attached hydrogens (tertiary/aromatic N) is 4. The van der Waals surface area contributed by atoms with Crippen molar-refractivity contribution in [3.8, 4) is 5.75 Å². The summed E-state index contributed by atoms with van der Waals surface area (Å²) in [5.74, 6) is 1.76. The van der Waals surface area contributed by atoms with Gasteiger partial charge in [-0.05, 0) is 30.2 Å². The molecule has 2 N–H and O–H groups in total. The lowest BCUT2D eigenvalue weighted by Gasteiger charge is -2.15. The first kappa shape index (κ1) is 19.7. The first-order valence-corrected chi connectivity index (χ1v) is 9.09. The second kappa shape index (κ2) is 10.3. The Morgan fingerprint density at radius 2 is 1.75 bits per heavy atom. The predicted molar refractivity (Wildman–Crippen MR) is 105 cm³/mol. The molecule has 0 bridgehead atoms. The summed E-state index contributed by atoms with van der Waals surface area (Å²) in [6.45, 7) is 4.14. The number of hydrogen-bond donors (Lipinski definition) is 2. The highest BCUT2D eigenvalue weighted by atomic mass is 16.5. The van der Waals surface area contributed by atoms with E-state index < -0.39 is 0 Å². The van der Waals surface area contributed by atoms with Gasteiger partial charge < -0.3 is 14.2 Å². The number of nitrogens with one attached hydrogen (secondary N) is 2. The van der Waals surface area contributed by atoms with Crippen molar-refractivity contribution in [3.05, 3.63) is 53.6 Å². The maximum atomic E-state index is 5.59. The molecule has 0 saturated heterocycles. The highest BCUT2D eigenvalue weighted by Gasteiger charge is 2.15. The molecule has 0 aliphatic carbocycles. The van der Waals surface area contributed by atoms with Crippen molar-refractivity contribution in [3.63, 3.8) is 0 Å². The Kier molecular flexibility index (Phi) is 7.28. The van der Waals surface area contributed by atoms with Crippen LogP contribution in [0.2, 0.25) is 0 Å². The number of hydrogen-bond acceptors (Lipinski definition) is 9. The van der Waals surface area contributed by atoms with Crippen molar-refractivity contribution in [1.82, 2.24) is 20.8 Å². The van der Waals surface area contributed by atoms with Crippen LogP contribution in [0.1, 0.15) is 23.9 Å². The van der Waals surface area contributed by atoms with Crippen LogP contribution in [0.4, 0.5) is 0 Å². The van der Waals surface area contributed by atoms with Gasteiger partial charge >= 0.3 is 0 Å². The molecule has 0 radical (unpaired) electrons. The molecule has 0 unspecified atom stereocenters. The normalized spacial score (nSPS) is 13.2. The molecule has 2 aromatic heterocycles. The molecule has 0 amide bonds. The van der Waals surface area contributed by atoms with Crippen LogP contribution in [0.25, 0.3) is 0 Å². The molecule has 0 atom stereocenters. The summed E-state index contributed by atoms with van der Waals surface area (Å²) in [4.78, 5) is 8.74. The Hall–Kier alpha value is -3.04. The number of ether oxygens (including phenoxy) is 3. The van der Waals surface area contributed by atoms with Crippen molar-refractivity contribution in [2.24, 2.45) is 10.2 Å². The fraction of sp³-hybridized carbons (Fsp3) is 0.368. The zero-order chi connectivity index (χ0) is 19.6. The quantitative estimate of drug-likeness (QED) is 0.595. The third kappa shape index (κ3) is 5.24. The minimum Gasteiger partial charge on any atom is -0.490 e. The van der Waals surface area contributed by atoms with E-state index in [1.54, 1.807) is 19.5 Å². The van der Waals surface area contributed by atoms with Gasteiger partial charge in [-0.1, -0.05) is 13.0 Å². The average Bonchev–Trinajstić information content (AvgIpc) is 2.77. The van der Waals surface area contributed by atoms with Gasteiger partial charge in [-0.2, -0.15) is 10.2 Å². The summed E-state index contributed by atoms with van der Waals surface area (Å²) in [7, 11) is 1.64. The lowest BCUT2D eigenvalue weighted by Crippen LogP contribution is -2.35. The van der Waals surface area contributed by atoms with Crippen LogP contribution in [0, 0.1) is 0 Å². The molecular weight excluding hydrogens is 360 g/mol. The van der Waals surface area contributed by atoms with Gasteiger partial charge in [-0.3, -0.25) is 15.8 Å². The van der Waals surface area contributed by atoms with Crippen molar-refractivity contribution in [2.75, 3.05) is 33.5 Å². The third-order valence-corrected chi connectivity index (χ3v) is 3.95. The largest absolute Gasteiger partial charge is 0.490 e. The van der Waals surface area contributed by atoms with Crippen LogP contribution in [-0.2, 0) is 15.9 Å². The number of aromatic nitrogens is 2. The molecule has 3 rings (SSSR count). The maximum Gasteiger partial charge on any atom is 0.192 e. The highest BCUT2D eigenvalue weighted by Crippen LogP contribution is 2.11. The minimum atomic E-state index is 0.447. The molecule has 1 aliphatic rings. The van der Waals surface area contributed by atoms with Crippen LogP contribution in [0.5, 0.6) is 5.75 Å². The van der Waals surface area contributed by atoms with E-state index in [0.29, 0.717) is 49.5 Å². The van der Waals surface area contributed by atoms with Gasteiger partial charge in [-0.15, -0.1) is 0 Å². The van der Waals surface area contributed by atoms with Gasteiger partial charge in [0.2, 0.25) is 0 Å². The second-order valence-corrected chi connectivity index (χ2v) is 5.84. The maximum absolute atomic E-state index is 5.59. The Labute approximate surface area is 163 Å². The van der Waals surface area contributed by atoms with E-state index in [2.05, 4.69) is 37.9 Å². The first-order valence-electron chi connectivity index (χ1n) is 9.09. The summed E-state index contributed by atoms with van der Waals surface area (Å²) >= 11 is 0. The molecule has 2 aromatic rings. The summed E-state index contributed by atoms with van der Waals surface area (Å²) in [5.41, 5.74) is 8.40. The van der Waals surface area contributed by atoms with Crippen LogP contribution >= 0.6 is 0 Å². The predicted octanol–water partition coefficient (Wildman–Crippen LogP) is 1.30. The second-order valence-electron chi connectivity index (χ2n) is 5.84. The number of methoxy groups -OCH3 is 1. The molecule has 28 heavy (non-hydrogen) atoms. The van der Waals surface area contributed by atoms with Crippen LogP contribution < -0.4 is 15.6 Å². The van der Waals surface area contributed by atoms with Crippen LogP contribution in [0.3, 0.4) is 0 Å². The lowest BCUT2D eigenvalue weighted by molar-refractivity contribution is 0.0544. The third-order valence-electron chi connectivity index (χ3n) is 3.95. The molecular formula is C19H24N6O3. The monoisotopic (exact) mass is 384 g/mol. The Bertz CT molecular complexity index is 823. The van der Waals surface area contributed by atoms with Gasteiger partial charge in [-0.25, -0.2) is 4.98 Å². The molecule has 3 heterocycles. The van der Waals surface area contributed by atoms with E-state index in [4.69, 9.17) is 14.2 Å². The zero-order valence-corrected chi connectivity index (χ0v) is 16.0. The Morgan fingerprint density at radius 1 is 0.929 bits per heavy atom. The molecule has 9 heteroatoms. The SMILES string of the molecule is CCc1cccnc1C1=NNC(c2ccc(OCCOCCOC)cn2)=NN1. The molecule has 9 nitrogen and oxygen atoms in total. The van der Waals surface area contributed by atoms with E-state index in [9.17, 15) is 0 Å². The first-order chi connectivity index (χ1) is 13.8. The van der Waals surface area contributed by atoms with Crippen molar-refractivity contribution in [1.29, 1.82) is 0 Å². The zero-order valence-electron chi connectivity index (χ0n) is 16.0. The summed E-state index contributed by atoms with van der Waals surface area (Å²) < 4.78 is 15.8. The van der Waals surface area contributed by atoms with E-state index in [0.717, 1.165) is 17.7 Å². The summed E-state index contributed by atoms with van der Waals surface area (Å²) in [6.07, 6.45) is 4.24. The Morgan fingerprint density at radius 3 is 2.46 bits per heavy atom. The van der Waals surface area contributed by atoms with Gasteiger partial charge in [0.25, 0.3) is 0 Å². The van der Waals surface area contributed by atoms with E-state index in [1.807, 2.05) is 24.3 Å². The molecule has 148 valence electrons. The summed E-state index contributed by atoms with van der Waals surface area (Å²) in [5, 5.41) is 8.65. The fourth-order valence-corrected chi connectivity index (χ4v) is 2.49. The summed E-state index contributed by atoms with van der Waals surface area (Å²) in [6, 6.07) is 7.57. The number of pyridine rings is 2. The molecule has 0 saturated carbocycles. The standard InChI is InChI=1S/C19H24N6O3/c1-3-14-5-4-8-20-17(14)19-24-22-18(23-25-19)16-7-6-15(13-21-16)28-12-11-27-10-9-26-2/h4-8,13H,3,9-12H2,1-2H3,(H,22,23)(H,24,25). The van der Waals surface area contributed by atoms with Crippen molar-refractivity contribution in [2.45, 2.75) is 13.3 Å². The number of aryl methyl sites for hydroxylation is 1. The van der Waals surface area contributed by atoms with Gasteiger partial charge in [0, 0.05) is 13.3 Å². The van der Waals surface area contributed by atoms with Crippen molar-refractivity contribution >= 4 is 11.7 Å². The lowest BCUT2D eigenvalue weighted by atomic mass is 10.1. The highest BCUT2D eigenvalue weighted by molar-refractivity contribution is 6.04. The van der Waals surface area contributed by atoms with Gasteiger partial charge in [0.05, 0.1) is 26.0 Å². The fourth-order valence-electron chi connectivity index (χ4n) is 2.49. The average molecular weight is 384 g/mol. The number of rotatable bonds is 10. The van der Waals surface area contributed by atoms with Gasteiger partial charge in [0.15, 0.2) is 11.7 Å². The Balaban J connectivity index is 1.52. The molecule has 1 aliphatic heterocycles. The van der Waals surface area contributed by atoms with E-state index in [1.165, 1.54) is 0 Å². The van der Waals surface area contributed by atoms with E-state index >= 15 is 0 Å². The molecule has 0 aromatic carbocycles. The molecule has 0 spiro atoms. The van der Waals surface area contributed by atoms with Crippen LogP contribution in [0.15, 0.2) is 46.9 Å². The minimum absolute atomic E-state index is 0.447. The smallest absolute Gasteiger partial charge is 0.192 e. The van der Waals surface area contributed by atoms with Gasteiger partial charge in [0.1, 0.15) is 23.7 Å².